The first-order valence-electron chi connectivity index (χ1n) is 8.64. The number of likely N-dealkylation sites (tertiary alicyclic amines) is 1. The highest BCUT2D eigenvalue weighted by Gasteiger charge is 2.34. The van der Waals surface area contributed by atoms with E-state index in [2.05, 4.69) is 20.4 Å². The third-order valence-electron chi connectivity index (χ3n) is 4.48. The molecule has 1 aliphatic rings. The summed E-state index contributed by atoms with van der Waals surface area (Å²) in [4.78, 5) is 35.7. The van der Waals surface area contributed by atoms with Gasteiger partial charge in [-0.1, -0.05) is 12.1 Å². The summed E-state index contributed by atoms with van der Waals surface area (Å²) in [5.74, 6) is 0.463. The van der Waals surface area contributed by atoms with E-state index in [1.807, 2.05) is 23.6 Å². The van der Waals surface area contributed by atoms with E-state index in [4.69, 9.17) is 0 Å². The predicted octanol–water partition coefficient (Wildman–Crippen LogP) is 1.64. The Bertz CT molecular complexity index is 908. The quantitative estimate of drug-likeness (QED) is 0.724. The molecule has 1 N–H and O–H groups in total. The molecular formula is C18H18N6O2S. The zero-order valence-electron chi connectivity index (χ0n) is 14.5. The van der Waals surface area contributed by atoms with Gasteiger partial charge >= 0.3 is 0 Å². The lowest BCUT2D eigenvalue weighted by Crippen LogP contribution is -2.45. The normalized spacial score (nSPS) is 16.4. The van der Waals surface area contributed by atoms with Gasteiger partial charge in [-0.15, -0.1) is 11.3 Å². The topological polar surface area (TPSA) is 93.0 Å². The lowest BCUT2D eigenvalue weighted by molar-refractivity contribution is -0.125. The maximum Gasteiger partial charge on any atom is 0.264 e. The average Bonchev–Trinajstić information content (AvgIpc) is 3.47. The summed E-state index contributed by atoms with van der Waals surface area (Å²) in [7, 11) is 0. The molecule has 1 aliphatic heterocycles. The number of rotatable bonds is 5. The van der Waals surface area contributed by atoms with Gasteiger partial charge in [0.25, 0.3) is 5.91 Å². The fourth-order valence-electron chi connectivity index (χ4n) is 3.11. The van der Waals surface area contributed by atoms with Crippen LogP contribution in [0.2, 0.25) is 0 Å². The van der Waals surface area contributed by atoms with Gasteiger partial charge in [0.2, 0.25) is 5.91 Å². The molecule has 2 amide bonds. The minimum Gasteiger partial charge on any atom is -0.350 e. The Morgan fingerprint density at radius 3 is 2.93 bits per heavy atom. The second kappa shape index (κ2) is 7.67. The van der Waals surface area contributed by atoms with Crippen molar-refractivity contribution >= 4 is 23.2 Å². The number of hydrogen-bond donors (Lipinski definition) is 1. The molecule has 0 unspecified atom stereocenters. The molecule has 0 aliphatic carbocycles. The van der Waals surface area contributed by atoms with Crippen molar-refractivity contribution in [2.24, 2.45) is 0 Å². The Morgan fingerprint density at radius 1 is 1.30 bits per heavy atom. The second-order valence-corrected chi connectivity index (χ2v) is 7.16. The lowest BCUT2D eigenvalue weighted by Gasteiger charge is -2.23. The van der Waals surface area contributed by atoms with E-state index in [-0.39, 0.29) is 11.8 Å². The molecule has 0 bridgehead atoms. The van der Waals surface area contributed by atoms with E-state index in [0.29, 0.717) is 30.2 Å². The first kappa shape index (κ1) is 17.3. The highest BCUT2D eigenvalue weighted by Crippen LogP contribution is 2.22. The van der Waals surface area contributed by atoms with Gasteiger partial charge in [-0.05, 0) is 35.9 Å². The van der Waals surface area contributed by atoms with Gasteiger partial charge in [-0.2, -0.15) is 5.10 Å². The number of aromatic nitrogens is 4. The minimum absolute atomic E-state index is 0.0681. The average molecular weight is 382 g/mol. The molecule has 8 nitrogen and oxygen atoms in total. The van der Waals surface area contributed by atoms with Gasteiger partial charge in [0.05, 0.1) is 4.88 Å². The monoisotopic (exact) mass is 382 g/mol. The van der Waals surface area contributed by atoms with Crippen molar-refractivity contribution in [1.29, 1.82) is 0 Å². The van der Waals surface area contributed by atoms with Crippen LogP contribution < -0.4 is 5.32 Å². The number of carbonyl (C=O) groups excluding carboxylic acids is 2. The number of pyridine rings is 1. The molecule has 138 valence electrons. The highest BCUT2D eigenvalue weighted by atomic mass is 32.1. The standard InChI is InChI=1S/C18H18N6O2S/c25-17(14-3-1-7-23(14)18(26)15-4-2-8-27-15)21-10-13-5-6-16(20-9-13)24-12-19-11-22-24/h2,4-6,8-9,11-12,14H,1,3,7,10H2,(H,21,25)/t14-/m0/s1. The maximum atomic E-state index is 12.6. The summed E-state index contributed by atoms with van der Waals surface area (Å²) >= 11 is 1.40. The number of carbonyl (C=O) groups is 2. The van der Waals surface area contributed by atoms with Crippen LogP contribution in [-0.2, 0) is 11.3 Å². The number of amides is 2. The van der Waals surface area contributed by atoms with Crippen LogP contribution in [0.4, 0.5) is 0 Å². The molecule has 0 radical (unpaired) electrons. The van der Waals surface area contributed by atoms with Crippen LogP contribution >= 0.6 is 11.3 Å². The van der Waals surface area contributed by atoms with Gasteiger partial charge in [0.1, 0.15) is 18.7 Å². The van der Waals surface area contributed by atoms with Gasteiger partial charge in [-0.25, -0.2) is 14.6 Å². The molecule has 3 aromatic rings. The summed E-state index contributed by atoms with van der Waals surface area (Å²) in [5, 5.41) is 8.82. The Hall–Kier alpha value is -3.07. The molecule has 1 atom stereocenters. The molecule has 3 aromatic heterocycles. The Morgan fingerprint density at radius 2 is 2.22 bits per heavy atom. The zero-order chi connectivity index (χ0) is 18.6. The zero-order valence-corrected chi connectivity index (χ0v) is 15.3. The van der Waals surface area contributed by atoms with Crippen molar-refractivity contribution in [2.75, 3.05) is 6.54 Å². The first-order chi connectivity index (χ1) is 13.2. The predicted molar refractivity (Wildman–Crippen MR) is 99.4 cm³/mol. The third-order valence-corrected chi connectivity index (χ3v) is 5.34. The first-order valence-corrected chi connectivity index (χ1v) is 9.52. The summed E-state index contributed by atoms with van der Waals surface area (Å²) in [6.07, 6.45) is 6.24. The Kier molecular flexibility index (Phi) is 4.93. The summed E-state index contributed by atoms with van der Waals surface area (Å²) in [6.45, 7) is 0.976. The van der Waals surface area contributed by atoms with Gasteiger partial charge in [0.15, 0.2) is 5.82 Å². The molecule has 1 saturated heterocycles. The van der Waals surface area contributed by atoms with E-state index >= 15 is 0 Å². The van der Waals surface area contributed by atoms with Gasteiger partial charge < -0.3 is 10.2 Å². The molecule has 0 spiro atoms. The molecule has 4 heterocycles. The van der Waals surface area contributed by atoms with E-state index < -0.39 is 6.04 Å². The second-order valence-electron chi connectivity index (χ2n) is 6.22. The molecule has 4 rings (SSSR count). The highest BCUT2D eigenvalue weighted by molar-refractivity contribution is 7.12. The molecule has 0 saturated carbocycles. The number of nitrogens with zero attached hydrogens (tertiary/aromatic N) is 5. The van der Waals surface area contributed by atoms with Crippen molar-refractivity contribution in [3.8, 4) is 5.82 Å². The van der Waals surface area contributed by atoms with Crippen molar-refractivity contribution in [3.63, 3.8) is 0 Å². The SMILES string of the molecule is O=C(NCc1ccc(-n2cncn2)nc1)[C@@H]1CCCN1C(=O)c1cccs1. The van der Waals surface area contributed by atoms with Crippen molar-refractivity contribution in [2.45, 2.75) is 25.4 Å². The van der Waals surface area contributed by atoms with Crippen LogP contribution in [0.5, 0.6) is 0 Å². The van der Waals surface area contributed by atoms with Crippen LogP contribution in [0.1, 0.15) is 28.1 Å². The summed E-state index contributed by atoms with van der Waals surface area (Å²) in [5.41, 5.74) is 0.876. The lowest BCUT2D eigenvalue weighted by atomic mass is 10.2. The maximum absolute atomic E-state index is 12.6. The molecular weight excluding hydrogens is 364 g/mol. The van der Waals surface area contributed by atoms with Crippen LogP contribution in [0, 0.1) is 0 Å². The van der Waals surface area contributed by atoms with Gasteiger partial charge in [-0.3, -0.25) is 9.59 Å². The number of hydrogen-bond acceptors (Lipinski definition) is 6. The Balaban J connectivity index is 1.36. The largest absolute Gasteiger partial charge is 0.350 e. The molecule has 9 heteroatoms. The summed E-state index contributed by atoms with van der Waals surface area (Å²) in [6, 6.07) is 6.93. The van der Waals surface area contributed by atoms with Crippen molar-refractivity contribution in [3.05, 3.63) is 58.9 Å². The van der Waals surface area contributed by atoms with Crippen molar-refractivity contribution in [1.82, 2.24) is 30.0 Å². The summed E-state index contributed by atoms with van der Waals surface area (Å²) < 4.78 is 1.56. The number of nitrogens with one attached hydrogen (secondary N) is 1. The molecule has 1 fully saturated rings. The smallest absolute Gasteiger partial charge is 0.264 e. The Labute approximate surface area is 159 Å². The van der Waals surface area contributed by atoms with E-state index in [0.717, 1.165) is 12.0 Å². The fourth-order valence-corrected chi connectivity index (χ4v) is 3.79. The van der Waals surface area contributed by atoms with Gasteiger partial charge in [0, 0.05) is 19.3 Å². The van der Waals surface area contributed by atoms with E-state index in [1.165, 1.54) is 17.7 Å². The fraction of sp³-hybridized carbons (Fsp3) is 0.278. The van der Waals surface area contributed by atoms with Crippen LogP contribution in [0.3, 0.4) is 0 Å². The van der Waals surface area contributed by atoms with E-state index in [1.54, 1.807) is 28.2 Å². The number of thiophene rings is 1. The third kappa shape index (κ3) is 3.72. The molecule has 27 heavy (non-hydrogen) atoms. The minimum atomic E-state index is -0.415. The van der Waals surface area contributed by atoms with Crippen LogP contribution in [0.15, 0.2) is 48.5 Å². The van der Waals surface area contributed by atoms with E-state index in [9.17, 15) is 9.59 Å². The van der Waals surface area contributed by atoms with Crippen LogP contribution in [-0.4, -0.2) is 49.0 Å². The molecule has 0 aromatic carbocycles. The van der Waals surface area contributed by atoms with Crippen molar-refractivity contribution < 1.29 is 9.59 Å². The van der Waals surface area contributed by atoms with Crippen LogP contribution in [0.25, 0.3) is 5.82 Å².